The van der Waals surface area contributed by atoms with E-state index < -0.39 is 0 Å². The Morgan fingerprint density at radius 2 is 1.19 bits per heavy atom. The molecule has 0 radical (unpaired) electrons. The zero-order valence-corrected chi connectivity index (χ0v) is 27.2. The molecule has 0 aliphatic heterocycles. The minimum atomic E-state index is 0.656. The highest BCUT2D eigenvalue weighted by Gasteiger charge is 2.16. The molecule has 0 fully saturated rings. The first-order chi connectivity index (χ1) is 23.7. The summed E-state index contributed by atoms with van der Waals surface area (Å²) in [6, 6.07) is 48.4. The lowest BCUT2D eigenvalue weighted by atomic mass is 10.0. The van der Waals surface area contributed by atoms with Crippen molar-refractivity contribution in [2.45, 2.75) is 0 Å². The minimum Gasteiger partial charge on any atom is -0.309 e. The molecule has 0 N–H and O–H groups in total. The molecular formula is C42H26BrN5. The fourth-order valence-electron chi connectivity index (χ4n) is 6.51. The van der Waals surface area contributed by atoms with E-state index in [4.69, 9.17) is 9.97 Å². The molecule has 4 aromatic heterocycles. The number of halogens is 1. The maximum atomic E-state index is 5.19. The normalized spacial score (nSPS) is 11.4. The van der Waals surface area contributed by atoms with Gasteiger partial charge in [-0.05, 0) is 77.9 Å². The first kappa shape index (κ1) is 28.3. The van der Waals surface area contributed by atoms with Gasteiger partial charge in [0.2, 0.25) is 0 Å². The molecule has 9 aromatic rings. The Kier molecular flexibility index (Phi) is 6.87. The second-order valence-corrected chi connectivity index (χ2v) is 12.7. The van der Waals surface area contributed by atoms with Gasteiger partial charge in [-0.15, -0.1) is 0 Å². The first-order valence-corrected chi connectivity index (χ1v) is 16.5. The quantitative estimate of drug-likeness (QED) is 0.182. The molecule has 0 aliphatic rings. The Bertz CT molecular complexity index is 2570. The van der Waals surface area contributed by atoms with Gasteiger partial charge in [-0.2, -0.15) is 0 Å². The summed E-state index contributed by atoms with van der Waals surface area (Å²) in [6.45, 7) is 0. The number of benzene rings is 5. The Balaban J connectivity index is 1.23. The maximum Gasteiger partial charge on any atom is 0.160 e. The molecule has 5 nitrogen and oxygen atoms in total. The van der Waals surface area contributed by atoms with Gasteiger partial charge >= 0.3 is 0 Å². The molecule has 0 spiro atoms. The van der Waals surface area contributed by atoms with Crippen molar-refractivity contribution in [1.29, 1.82) is 0 Å². The molecular weight excluding hydrogens is 654 g/mol. The van der Waals surface area contributed by atoms with E-state index in [-0.39, 0.29) is 0 Å². The minimum absolute atomic E-state index is 0.656. The van der Waals surface area contributed by atoms with Gasteiger partial charge < -0.3 is 4.57 Å². The van der Waals surface area contributed by atoms with E-state index >= 15 is 0 Å². The van der Waals surface area contributed by atoms with Gasteiger partial charge in [0.05, 0.1) is 27.9 Å². The average Bonchev–Trinajstić information content (AvgIpc) is 3.49. The largest absolute Gasteiger partial charge is 0.309 e. The van der Waals surface area contributed by atoms with Crippen molar-refractivity contribution >= 4 is 48.6 Å². The highest BCUT2D eigenvalue weighted by Crippen LogP contribution is 2.36. The smallest absolute Gasteiger partial charge is 0.160 e. The van der Waals surface area contributed by atoms with Gasteiger partial charge in [0.25, 0.3) is 0 Å². The van der Waals surface area contributed by atoms with Crippen molar-refractivity contribution in [1.82, 2.24) is 24.5 Å². The Labute approximate surface area is 285 Å². The van der Waals surface area contributed by atoms with Crippen LogP contribution in [0, 0.1) is 0 Å². The van der Waals surface area contributed by atoms with Crippen LogP contribution in [-0.4, -0.2) is 24.5 Å². The van der Waals surface area contributed by atoms with Crippen molar-refractivity contribution < 1.29 is 0 Å². The van der Waals surface area contributed by atoms with Crippen LogP contribution in [0.4, 0.5) is 0 Å². The molecule has 0 atom stereocenters. The number of pyridine rings is 2. The molecule has 0 bridgehead atoms. The van der Waals surface area contributed by atoms with Crippen LogP contribution in [-0.2, 0) is 0 Å². The van der Waals surface area contributed by atoms with Gasteiger partial charge in [-0.1, -0.05) is 88.7 Å². The second-order valence-electron chi connectivity index (χ2n) is 11.8. The van der Waals surface area contributed by atoms with Crippen molar-refractivity contribution in [3.05, 3.63) is 163 Å². The molecule has 5 aromatic carbocycles. The van der Waals surface area contributed by atoms with Gasteiger partial charge in [-0.25, -0.2) is 9.97 Å². The molecule has 48 heavy (non-hydrogen) atoms. The zero-order valence-electron chi connectivity index (χ0n) is 25.6. The summed E-state index contributed by atoms with van der Waals surface area (Å²) in [5.41, 5.74) is 11.1. The van der Waals surface area contributed by atoms with Gasteiger partial charge in [-0.3, -0.25) is 9.97 Å². The summed E-state index contributed by atoms with van der Waals surface area (Å²) in [5.74, 6) is 0.656. The number of fused-ring (bicyclic) bond motifs is 4. The van der Waals surface area contributed by atoms with Crippen molar-refractivity contribution in [2.24, 2.45) is 0 Å². The van der Waals surface area contributed by atoms with Crippen molar-refractivity contribution in [3.63, 3.8) is 0 Å². The molecule has 9 rings (SSSR count). The maximum absolute atomic E-state index is 5.19. The van der Waals surface area contributed by atoms with E-state index in [9.17, 15) is 0 Å². The molecule has 226 valence electrons. The van der Waals surface area contributed by atoms with Gasteiger partial charge in [0, 0.05) is 61.6 Å². The van der Waals surface area contributed by atoms with Crippen LogP contribution in [0.25, 0.3) is 83.4 Å². The molecule has 0 saturated carbocycles. The van der Waals surface area contributed by atoms with E-state index in [1.807, 2.05) is 36.7 Å². The highest BCUT2D eigenvalue weighted by atomic mass is 79.9. The summed E-state index contributed by atoms with van der Waals surface area (Å²) in [6.07, 6.45) is 5.49. The Morgan fingerprint density at radius 3 is 1.94 bits per heavy atom. The summed E-state index contributed by atoms with van der Waals surface area (Å²) in [4.78, 5) is 19.1. The molecule has 6 heteroatoms. The van der Waals surface area contributed by atoms with Crippen LogP contribution in [0.1, 0.15) is 0 Å². The zero-order chi connectivity index (χ0) is 32.0. The van der Waals surface area contributed by atoms with E-state index in [2.05, 4.69) is 146 Å². The van der Waals surface area contributed by atoms with E-state index in [1.165, 1.54) is 10.8 Å². The summed E-state index contributed by atoms with van der Waals surface area (Å²) >= 11 is 3.84. The lowest BCUT2D eigenvalue weighted by molar-refractivity contribution is 1.16. The van der Waals surface area contributed by atoms with Crippen LogP contribution < -0.4 is 0 Å². The predicted octanol–water partition coefficient (Wildman–Crippen LogP) is 10.9. The van der Waals surface area contributed by atoms with Crippen LogP contribution >= 0.6 is 15.9 Å². The van der Waals surface area contributed by atoms with E-state index in [0.29, 0.717) is 5.82 Å². The fourth-order valence-corrected chi connectivity index (χ4v) is 6.99. The number of rotatable bonds is 5. The van der Waals surface area contributed by atoms with E-state index in [1.54, 1.807) is 6.20 Å². The molecule has 0 amide bonds. The van der Waals surface area contributed by atoms with Gasteiger partial charge in [0.1, 0.15) is 0 Å². The van der Waals surface area contributed by atoms with Crippen LogP contribution in [0.5, 0.6) is 0 Å². The standard InChI is InChI=1S/C42H26BrN5/c43-33-22-32(23-34(24-33)48-40-11-3-1-9-35(40)36-10-2-4-12-41(36)48)39-25-38(28-15-13-27(14-16-28)31-8-5-19-44-26-31)46-42(47-39)30-17-18-37-29(21-30)7-6-20-45-37/h1-26H. The number of nitrogens with zero attached hydrogens (tertiary/aromatic N) is 5. The monoisotopic (exact) mass is 679 g/mol. The Morgan fingerprint density at radius 1 is 0.500 bits per heavy atom. The van der Waals surface area contributed by atoms with Gasteiger partial charge in [0.15, 0.2) is 5.82 Å². The third-order valence-corrected chi connectivity index (χ3v) is 9.24. The lowest BCUT2D eigenvalue weighted by Crippen LogP contribution is -1.98. The molecule has 0 saturated heterocycles. The average molecular weight is 681 g/mol. The fraction of sp³-hybridized carbons (Fsp3) is 0. The van der Waals surface area contributed by atoms with Crippen molar-refractivity contribution in [3.8, 4) is 50.7 Å². The topological polar surface area (TPSA) is 56.5 Å². The Hall–Kier alpha value is -5.98. The number of hydrogen-bond acceptors (Lipinski definition) is 4. The first-order valence-electron chi connectivity index (χ1n) is 15.7. The molecule has 0 aliphatic carbocycles. The SMILES string of the molecule is Brc1cc(-c2cc(-c3ccc(-c4cccnc4)cc3)nc(-c3ccc4ncccc4c3)n2)cc(-n2c3ccccc3c3ccccc32)c1. The van der Waals surface area contributed by atoms with Crippen LogP contribution in [0.15, 0.2) is 163 Å². The molecule has 0 unspecified atom stereocenters. The van der Waals surface area contributed by atoms with E-state index in [0.717, 1.165) is 71.3 Å². The third-order valence-electron chi connectivity index (χ3n) is 8.78. The lowest BCUT2D eigenvalue weighted by Gasteiger charge is -2.13. The summed E-state index contributed by atoms with van der Waals surface area (Å²) in [5, 5.41) is 3.49. The number of para-hydroxylation sites is 2. The molecule has 4 heterocycles. The number of hydrogen-bond donors (Lipinski definition) is 0. The second kappa shape index (κ2) is 11.7. The number of aromatic nitrogens is 5. The van der Waals surface area contributed by atoms with Crippen LogP contribution in [0.3, 0.4) is 0 Å². The predicted molar refractivity (Wildman–Crippen MR) is 199 cm³/mol. The summed E-state index contributed by atoms with van der Waals surface area (Å²) < 4.78 is 3.30. The van der Waals surface area contributed by atoms with Crippen molar-refractivity contribution in [2.75, 3.05) is 0 Å². The summed E-state index contributed by atoms with van der Waals surface area (Å²) in [7, 11) is 0. The highest BCUT2D eigenvalue weighted by molar-refractivity contribution is 9.10. The third kappa shape index (κ3) is 5.03. The van der Waals surface area contributed by atoms with Crippen LogP contribution in [0.2, 0.25) is 0 Å².